The maximum absolute atomic E-state index is 11.8. The fraction of sp³-hybridized carbons (Fsp3) is 0.364. The molecule has 0 radical (unpaired) electrons. The zero-order valence-corrected chi connectivity index (χ0v) is 16.9. The van der Waals surface area contributed by atoms with Crippen LogP contribution in [-0.2, 0) is 4.79 Å². The van der Waals surface area contributed by atoms with Gasteiger partial charge in [-0.05, 0) is 24.3 Å². The fourth-order valence-electron chi connectivity index (χ4n) is 4.63. The molecule has 1 atom stereocenters. The number of likely N-dealkylation sites (tertiary alicyclic amines) is 1. The van der Waals surface area contributed by atoms with E-state index in [1.165, 1.54) is 0 Å². The number of hydrogen-bond donors (Lipinski definition) is 1. The molecular formula is C22H22ClN3O3. The number of hydrazone groups is 1. The Hall–Kier alpha value is -2.73. The first-order valence-corrected chi connectivity index (χ1v) is 10.2. The summed E-state index contributed by atoms with van der Waals surface area (Å²) in [5.41, 5.74) is 1.94. The first-order chi connectivity index (χ1) is 14.0. The van der Waals surface area contributed by atoms with E-state index < -0.39 is 5.72 Å². The molecule has 3 aliphatic heterocycles. The fourth-order valence-corrected chi connectivity index (χ4v) is 4.80. The lowest BCUT2D eigenvalue weighted by Gasteiger charge is -2.51. The second kappa shape index (κ2) is 6.66. The van der Waals surface area contributed by atoms with E-state index in [9.17, 15) is 9.90 Å². The number of ether oxygens (including phenoxy) is 1. The number of fused-ring (bicyclic) bond motifs is 4. The van der Waals surface area contributed by atoms with Crippen molar-refractivity contribution in [1.82, 2.24) is 9.91 Å². The zero-order valence-electron chi connectivity index (χ0n) is 16.1. The average molecular weight is 412 g/mol. The molecule has 0 aromatic heterocycles. The molecule has 7 heteroatoms. The molecule has 3 aliphatic rings. The second-order valence-electron chi connectivity index (χ2n) is 7.86. The summed E-state index contributed by atoms with van der Waals surface area (Å²) in [7, 11) is 0. The van der Waals surface area contributed by atoms with Gasteiger partial charge in [-0.25, -0.2) is 5.01 Å². The summed E-state index contributed by atoms with van der Waals surface area (Å²) in [5.74, 6) is 1.13. The number of amides is 1. The van der Waals surface area contributed by atoms with Crippen LogP contribution >= 0.6 is 11.6 Å². The Bertz CT molecular complexity index is 1010. The van der Waals surface area contributed by atoms with E-state index in [0.29, 0.717) is 42.9 Å². The van der Waals surface area contributed by atoms with Gasteiger partial charge in [0, 0.05) is 55.4 Å². The molecule has 1 spiro atoms. The highest BCUT2D eigenvalue weighted by Crippen LogP contribution is 2.50. The Morgan fingerprint density at radius 1 is 1.24 bits per heavy atom. The Labute approximate surface area is 174 Å². The highest BCUT2D eigenvalue weighted by atomic mass is 35.5. The van der Waals surface area contributed by atoms with Crippen LogP contribution in [0.5, 0.6) is 11.5 Å². The number of nitrogens with zero attached hydrogens (tertiary/aromatic N) is 3. The van der Waals surface area contributed by atoms with E-state index in [2.05, 4.69) is 11.1 Å². The molecule has 2 aromatic carbocycles. The van der Waals surface area contributed by atoms with Gasteiger partial charge in [-0.2, -0.15) is 5.10 Å². The molecule has 150 valence electrons. The maximum atomic E-state index is 11.8. The standard InChI is InChI=1S/C22H22ClN3O3/c1-14(27)25-10-8-22(9-11-25)26-19(16-4-2-3-5-21(16)29-22)13-18(24-26)17-12-15(23)6-7-20(17)28/h2-7,12,19,28H,8-11,13H2,1H3/t19-/m0/s1. The first kappa shape index (κ1) is 18.3. The van der Waals surface area contributed by atoms with Crippen molar-refractivity contribution < 1.29 is 14.6 Å². The molecule has 0 bridgehead atoms. The lowest BCUT2D eigenvalue weighted by molar-refractivity contribution is -0.158. The normalized spacial score (nSPS) is 22.0. The predicted octanol–water partition coefficient (Wildman–Crippen LogP) is 3.93. The van der Waals surface area contributed by atoms with E-state index in [1.54, 1.807) is 25.1 Å². The van der Waals surface area contributed by atoms with Crippen LogP contribution in [0, 0.1) is 0 Å². The van der Waals surface area contributed by atoms with E-state index in [4.69, 9.17) is 21.4 Å². The molecule has 0 aliphatic carbocycles. The van der Waals surface area contributed by atoms with Gasteiger partial charge in [0.25, 0.3) is 0 Å². The molecular weight excluding hydrogens is 390 g/mol. The van der Waals surface area contributed by atoms with Crippen LogP contribution in [-0.4, -0.2) is 45.4 Å². The summed E-state index contributed by atoms with van der Waals surface area (Å²) in [4.78, 5) is 13.7. The summed E-state index contributed by atoms with van der Waals surface area (Å²) in [6.45, 7) is 2.87. The number of aromatic hydroxyl groups is 1. The van der Waals surface area contributed by atoms with E-state index in [1.807, 2.05) is 23.1 Å². The van der Waals surface area contributed by atoms with Crippen LogP contribution < -0.4 is 4.74 Å². The summed E-state index contributed by atoms with van der Waals surface area (Å²) < 4.78 is 6.53. The smallest absolute Gasteiger partial charge is 0.219 e. The lowest BCUT2D eigenvalue weighted by Crippen LogP contribution is -2.59. The average Bonchev–Trinajstić information content (AvgIpc) is 3.17. The quantitative estimate of drug-likeness (QED) is 0.772. The number of carbonyl (C=O) groups is 1. The van der Waals surface area contributed by atoms with E-state index in [-0.39, 0.29) is 17.7 Å². The molecule has 1 N–H and O–H groups in total. The Morgan fingerprint density at radius 3 is 2.76 bits per heavy atom. The number of rotatable bonds is 1. The van der Waals surface area contributed by atoms with Gasteiger partial charge in [0.1, 0.15) is 11.5 Å². The summed E-state index contributed by atoms with van der Waals surface area (Å²) in [6.07, 6.45) is 2.01. The number of carbonyl (C=O) groups excluding carboxylic acids is 1. The molecule has 6 nitrogen and oxygen atoms in total. The number of phenolic OH excluding ortho intramolecular Hbond substituents is 1. The molecule has 1 saturated heterocycles. The third kappa shape index (κ3) is 2.94. The Kier molecular flexibility index (Phi) is 4.21. The predicted molar refractivity (Wildman–Crippen MR) is 110 cm³/mol. The third-order valence-corrected chi connectivity index (χ3v) is 6.40. The van der Waals surface area contributed by atoms with Crippen molar-refractivity contribution >= 4 is 23.2 Å². The number of phenols is 1. The van der Waals surface area contributed by atoms with Gasteiger partial charge in [-0.15, -0.1) is 0 Å². The van der Waals surface area contributed by atoms with E-state index in [0.717, 1.165) is 17.0 Å². The van der Waals surface area contributed by atoms with Crippen LogP contribution in [0.3, 0.4) is 0 Å². The van der Waals surface area contributed by atoms with Gasteiger partial charge in [0.2, 0.25) is 11.6 Å². The summed E-state index contributed by atoms with van der Waals surface area (Å²) >= 11 is 6.18. The van der Waals surface area contributed by atoms with Crippen molar-refractivity contribution in [3.63, 3.8) is 0 Å². The summed E-state index contributed by atoms with van der Waals surface area (Å²) in [6, 6.07) is 13.1. The van der Waals surface area contributed by atoms with Crippen molar-refractivity contribution in [3.8, 4) is 11.5 Å². The molecule has 29 heavy (non-hydrogen) atoms. The number of hydrogen-bond acceptors (Lipinski definition) is 5. The van der Waals surface area contributed by atoms with Crippen molar-refractivity contribution in [1.29, 1.82) is 0 Å². The Morgan fingerprint density at radius 2 is 2.00 bits per heavy atom. The summed E-state index contributed by atoms with van der Waals surface area (Å²) in [5, 5.41) is 17.9. The topological polar surface area (TPSA) is 65.4 Å². The Balaban J connectivity index is 1.56. The molecule has 1 amide bonds. The number of para-hydroxylation sites is 1. The maximum Gasteiger partial charge on any atom is 0.219 e. The molecule has 2 aromatic rings. The van der Waals surface area contributed by atoms with Crippen LogP contribution in [0.25, 0.3) is 0 Å². The number of piperidine rings is 1. The van der Waals surface area contributed by atoms with Gasteiger partial charge in [0.05, 0.1) is 11.8 Å². The molecule has 0 saturated carbocycles. The largest absolute Gasteiger partial charge is 0.507 e. The molecule has 5 rings (SSSR count). The zero-order chi connectivity index (χ0) is 20.2. The number of benzene rings is 2. The van der Waals surface area contributed by atoms with Crippen LogP contribution in [0.15, 0.2) is 47.6 Å². The van der Waals surface area contributed by atoms with Gasteiger partial charge in [0.15, 0.2) is 0 Å². The van der Waals surface area contributed by atoms with Crippen LogP contribution in [0.4, 0.5) is 0 Å². The van der Waals surface area contributed by atoms with Gasteiger partial charge < -0.3 is 14.7 Å². The minimum atomic E-state index is -0.596. The van der Waals surface area contributed by atoms with Crippen molar-refractivity contribution in [2.45, 2.75) is 38.0 Å². The first-order valence-electron chi connectivity index (χ1n) is 9.86. The van der Waals surface area contributed by atoms with Crippen molar-refractivity contribution in [3.05, 3.63) is 58.6 Å². The SMILES string of the molecule is CC(=O)N1CCC2(CC1)Oc1ccccc1[C@@H]1CC(c3cc(Cl)ccc3O)=NN12. The van der Waals surface area contributed by atoms with Gasteiger partial charge >= 0.3 is 0 Å². The second-order valence-corrected chi connectivity index (χ2v) is 8.30. The van der Waals surface area contributed by atoms with Gasteiger partial charge in [-0.1, -0.05) is 29.8 Å². The monoisotopic (exact) mass is 411 g/mol. The highest BCUT2D eigenvalue weighted by molar-refractivity contribution is 6.31. The van der Waals surface area contributed by atoms with Crippen LogP contribution in [0.2, 0.25) is 5.02 Å². The molecule has 3 heterocycles. The third-order valence-electron chi connectivity index (χ3n) is 6.17. The van der Waals surface area contributed by atoms with Gasteiger partial charge in [-0.3, -0.25) is 4.79 Å². The van der Waals surface area contributed by atoms with E-state index >= 15 is 0 Å². The molecule has 0 unspecified atom stereocenters. The van der Waals surface area contributed by atoms with Crippen LogP contribution in [0.1, 0.15) is 43.4 Å². The number of halogens is 1. The van der Waals surface area contributed by atoms with Crippen molar-refractivity contribution in [2.24, 2.45) is 5.10 Å². The minimum absolute atomic E-state index is 0.0252. The van der Waals surface area contributed by atoms with Crippen molar-refractivity contribution in [2.75, 3.05) is 13.1 Å². The highest BCUT2D eigenvalue weighted by Gasteiger charge is 2.52. The molecule has 1 fully saturated rings. The lowest BCUT2D eigenvalue weighted by atomic mass is 9.90. The minimum Gasteiger partial charge on any atom is -0.507 e.